The minimum atomic E-state index is -0.876. The first-order valence-electron chi connectivity index (χ1n) is 8.47. The standard InChI is InChI=1S/C19H25N2O4/c1-3-15-17(14(22)12-25-15)21-16(23)9-10-19(2,18(20)24)11-13-7-5-4-6-8-13/h4-9,15,17H,3,10-12H2,1-2H3,(H2,20,24)(H,21,23)/t15-,17?,19?/m0/s1. The Morgan fingerprint density at radius 2 is 2.04 bits per heavy atom. The maximum Gasteiger partial charge on any atom is 0.224 e. The lowest BCUT2D eigenvalue weighted by molar-refractivity contribution is -0.127. The predicted molar refractivity (Wildman–Crippen MR) is 93.3 cm³/mol. The van der Waals surface area contributed by atoms with Gasteiger partial charge in [-0.3, -0.25) is 14.4 Å². The van der Waals surface area contributed by atoms with Crippen LogP contribution in [0.15, 0.2) is 30.3 Å². The van der Waals surface area contributed by atoms with Gasteiger partial charge in [-0.2, -0.15) is 0 Å². The highest BCUT2D eigenvalue weighted by Crippen LogP contribution is 2.28. The van der Waals surface area contributed by atoms with E-state index in [-0.39, 0.29) is 30.8 Å². The number of carbonyl (C=O) groups is 3. The number of Topliss-reactive ketones (excluding diaryl/α,β-unsaturated/α-hetero) is 1. The van der Waals surface area contributed by atoms with Gasteiger partial charge >= 0.3 is 0 Å². The van der Waals surface area contributed by atoms with E-state index in [9.17, 15) is 14.4 Å². The van der Waals surface area contributed by atoms with Crippen molar-refractivity contribution in [1.82, 2.24) is 5.32 Å². The first-order chi connectivity index (χ1) is 11.9. The molecular weight excluding hydrogens is 320 g/mol. The van der Waals surface area contributed by atoms with E-state index in [4.69, 9.17) is 10.5 Å². The van der Waals surface area contributed by atoms with Crippen molar-refractivity contribution in [3.05, 3.63) is 42.3 Å². The molecule has 1 saturated heterocycles. The van der Waals surface area contributed by atoms with E-state index in [2.05, 4.69) is 5.32 Å². The summed E-state index contributed by atoms with van der Waals surface area (Å²) in [5, 5.41) is 2.68. The number of amides is 2. The van der Waals surface area contributed by atoms with Gasteiger partial charge in [0.2, 0.25) is 11.8 Å². The molecule has 0 aromatic heterocycles. The molecule has 1 aromatic carbocycles. The fourth-order valence-electron chi connectivity index (χ4n) is 2.95. The lowest BCUT2D eigenvalue weighted by atomic mass is 9.79. The Labute approximate surface area is 148 Å². The molecule has 6 nitrogen and oxygen atoms in total. The van der Waals surface area contributed by atoms with Gasteiger partial charge in [0.25, 0.3) is 0 Å². The third-order valence-corrected chi connectivity index (χ3v) is 4.63. The quantitative estimate of drug-likeness (QED) is 0.739. The molecule has 0 aliphatic carbocycles. The van der Waals surface area contributed by atoms with E-state index in [1.807, 2.05) is 37.3 Å². The summed E-state index contributed by atoms with van der Waals surface area (Å²) in [6, 6.07) is 8.90. The average Bonchev–Trinajstić information content (AvgIpc) is 2.94. The third kappa shape index (κ3) is 4.89. The number of primary amides is 1. The lowest BCUT2D eigenvalue weighted by Gasteiger charge is -2.26. The molecule has 0 bridgehead atoms. The number of rotatable bonds is 8. The second-order valence-corrected chi connectivity index (χ2v) is 6.71. The van der Waals surface area contributed by atoms with E-state index >= 15 is 0 Å². The number of ether oxygens (including phenoxy) is 1. The van der Waals surface area contributed by atoms with Crippen LogP contribution in [0.1, 0.15) is 32.3 Å². The summed E-state index contributed by atoms with van der Waals surface area (Å²) in [6.45, 7) is 3.66. The number of carbonyl (C=O) groups excluding carboxylic acids is 3. The van der Waals surface area contributed by atoms with Gasteiger partial charge in [-0.25, -0.2) is 0 Å². The normalized spacial score (nSPS) is 22.4. The highest BCUT2D eigenvalue weighted by atomic mass is 16.5. The maximum atomic E-state index is 12.2. The first kappa shape index (κ1) is 19.1. The van der Waals surface area contributed by atoms with Gasteiger partial charge in [-0.1, -0.05) is 44.2 Å². The molecule has 6 heteroatoms. The van der Waals surface area contributed by atoms with Gasteiger partial charge in [-0.15, -0.1) is 0 Å². The summed E-state index contributed by atoms with van der Waals surface area (Å²) in [5.41, 5.74) is 5.67. The van der Waals surface area contributed by atoms with E-state index < -0.39 is 17.4 Å². The molecule has 1 aliphatic rings. The predicted octanol–water partition coefficient (Wildman–Crippen LogP) is 1.18. The zero-order chi connectivity index (χ0) is 18.4. The zero-order valence-corrected chi connectivity index (χ0v) is 14.7. The molecule has 3 atom stereocenters. The van der Waals surface area contributed by atoms with E-state index in [1.54, 1.807) is 6.92 Å². The van der Waals surface area contributed by atoms with Gasteiger partial charge in [0.05, 0.1) is 17.9 Å². The number of ketones is 1. The van der Waals surface area contributed by atoms with Crippen LogP contribution in [0.2, 0.25) is 0 Å². The molecule has 0 spiro atoms. The number of benzene rings is 1. The molecule has 25 heavy (non-hydrogen) atoms. The fraction of sp³-hybridized carbons (Fsp3) is 0.474. The SMILES string of the molecule is CC[C@@H]1OCC(=O)C1NC(=O)[CH]CC(C)(Cc1ccccc1)C(N)=O. The van der Waals surface area contributed by atoms with Crippen LogP contribution in [0.3, 0.4) is 0 Å². The Kier molecular flexibility index (Phi) is 6.31. The monoisotopic (exact) mass is 345 g/mol. The van der Waals surface area contributed by atoms with Crippen LogP contribution < -0.4 is 11.1 Å². The van der Waals surface area contributed by atoms with Crippen molar-refractivity contribution in [2.24, 2.45) is 11.1 Å². The van der Waals surface area contributed by atoms with Crippen LogP contribution in [-0.4, -0.2) is 36.4 Å². The van der Waals surface area contributed by atoms with E-state index in [0.717, 1.165) is 5.56 Å². The Bertz CT molecular complexity index is 632. The smallest absolute Gasteiger partial charge is 0.224 e. The van der Waals surface area contributed by atoms with Crippen LogP contribution >= 0.6 is 0 Å². The molecule has 2 rings (SSSR count). The largest absolute Gasteiger partial charge is 0.369 e. The fourth-order valence-corrected chi connectivity index (χ4v) is 2.95. The number of hydrogen-bond acceptors (Lipinski definition) is 4. The molecule has 1 fully saturated rings. The first-order valence-corrected chi connectivity index (χ1v) is 8.47. The van der Waals surface area contributed by atoms with Crippen LogP contribution in [0.25, 0.3) is 0 Å². The van der Waals surface area contributed by atoms with Crippen molar-refractivity contribution < 1.29 is 19.1 Å². The molecule has 2 unspecified atom stereocenters. The third-order valence-electron chi connectivity index (χ3n) is 4.63. The topological polar surface area (TPSA) is 98.5 Å². The Morgan fingerprint density at radius 1 is 1.36 bits per heavy atom. The Morgan fingerprint density at radius 3 is 2.64 bits per heavy atom. The van der Waals surface area contributed by atoms with Gasteiger partial charge in [0.1, 0.15) is 12.6 Å². The minimum absolute atomic E-state index is 0.0243. The number of nitrogens with two attached hydrogens (primary N) is 1. The van der Waals surface area contributed by atoms with Crippen molar-refractivity contribution in [1.29, 1.82) is 0 Å². The van der Waals surface area contributed by atoms with Crippen LogP contribution in [0.4, 0.5) is 0 Å². The van der Waals surface area contributed by atoms with E-state index in [1.165, 1.54) is 6.42 Å². The van der Waals surface area contributed by atoms with Crippen molar-refractivity contribution >= 4 is 17.6 Å². The number of hydrogen-bond donors (Lipinski definition) is 2. The van der Waals surface area contributed by atoms with Gasteiger partial charge in [0.15, 0.2) is 5.78 Å². The summed E-state index contributed by atoms with van der Waals surface area (Å²) in [7, 11) is 0. The highest BCUT2D eigenvalue weighted by molar-refractivity contribution is 5.94. The Hall–Kier alpha value is -2.21. The summed E-state index contributed by atoms with van der Waals surface area (Å²) < 4.78 is 5.34. The summed E-state index contributed by atoms with van der Waals surface area (Å²) in [5.74, 6) is -0.981. The molecule has 0 saturated carbocycles. The summed E-state index contributed by atoms with van der Waals surface area (Å²) >= 11 is 0. The van der Waals surface area contributed by atoms with Gasteiger partial charge in [-0.05, 0) is 24.8 Å². The van der Waals surface area contributed by atoms with Crippen molar-refractivity contribution in [3.63, 3.8) is 0 Å². The number of nitrogens with one attached hydrogen (secondary N) is 1. The molecule has 1 aliphatic heterocycles. The van der Waals surface area contributed by atoms with Crippen LogP contribution in [-0.2, 0) is 25.5 Å². The van der Waals surface area contributed by atoms with Crippen LogP contribution in [0, 0.1) is 11.8 Å². The molecule has 1 radical (unpaired) electrons. The molecule has 1 aromatic rings. The molecule has 1 heterocycles. The average molecular weight is 345 g/mol. The van der Waals surface area contributed by atoms with Gasteiger partial charge in [0, 0.05) is 0 Å². The van der Waals surface area contributed by atoms with Crippen LogP contribution in [0.5, 0.6) is 0 Å². The van der Waals surface area contributed by atoms with E-state index in [0.29, 0.717) is 12.8 Å². The second-order valence-electron chi connectivity index (χ2n) is 6.71. The van der Waals surface area contributed by atoms with Crippen molar-refractivity contribution in [3.8, 4) is 0 Å². The second kappa shape index (κ2) is 8.25. The minimum Gasteiger partial charge on any atom is -0.369 e. The molecule has 135 valence electrons. The zero-order valence-electron chi connectivity index (χ0n) is 14.7. The molecule has 2 amide bonds. The molecule has 3 N–H and O–H groups in total. The van der Waals surface area contributed by atoms with Crippen molar-refractivity contribution in [2.75, 3.05) is 6.61 Å². The summed E-state index contributed by atoms with van der Waals surface area (Å²) in [4.78, 5) is 35.9. The lowest BCUT2D eigenvalue weighted by Crippen LogP contribution is -2.45. The van der Waals surface area contributed by atoms with Crippen molar-refractivity contribution in [2.45, 2.75) is 45.3 Å². The molecular formula is C19H25N2O4. The Balaban J connectivity index is 1.95. The maximum absolute atomic E-state index is 12.2. The highest BCUT2D eigenvalue weighted by Gasteiger charge is 2.37. The summed E-state index contributed by atoms with van der Waals surface area (Å²) in [6.07, 6.45) is 2.38. The van der Waals surface area contributed by atoms with Gasteiger partial charge < -0.3 is 15.8 Å².